The molecule has 0 saturated heterocycles. The molecule has 0 aliphatic heterocycles. The fourth-order valence-electron chi connectivity index (χ4n) is 9.34. The van der Waals surface area contributed by atoms with E-state index in [1.165, 1.54) is 16.7 Å². The Kier molecular flexibility index (Phi) is 12.5. The zero-order valence-electron chi connectivity index (χ0n) is 30.6. The van der Waals surface area contributed by atoms with Crippen molar-refractivity contribution in [2.45, 2.75) is 90.6 Å². The predicted octanol–water partition coefficient (Wildman–Crippen LogP) is 9.14. The summed E-state index contributed by atoms with van der Waals surface area (Å²) in [5, 5.41) is 0. The molecule has 6 rings (SSSR count). The molecule has 7 nitrogen and oxygen atoms in total. The molecule has 52 heavy (non-hydrogen) atoms. The van der Waals surface area contributed by atoms with Crippen LogP contribution in [0.4, 0.5) is 5.69 Å². The number of carbonyl (C=O) groups is 3. The van der Waals surface area contributed by atoms with Crippen LogP contribution in [0.25, 0.3) is 0 Å². The Bertz CT molecular complexity index is 1720. The van der Waals surface area contributed by atoms with Gasteiger partial charge in [0.25, 0.3) is 0 Å². The number of esters is 3. The van der Waals surface area contributed by atoms with E-state index in [0.29, 0.717) is 47.2 Å². The molecule has 3 aromatic rings. The van der Waals surface area contributed by atoms with Crippen molar-refractivity contribution >= 4 is 46.8 Å². The lowest BCUT2D eigenvalue weighted by atomic mass is 9.55. The molecule has 0 unspecified atom stereocenters. The van der Waals surface area contributed by atoms with Crippen molar-refractivity contribution in [1.29, 1.82) is 0 Å². The summed E-state index contributed by atoms with van der Waals surface area (Å²) in [5.74, 6) is 1.93. The number of aryl methyl sites for hydroxylation is 2. The largest absolute Gasteiger partial charge is 0.459 e. The third kappa shape index (κ3) is 8.31. The van der Waals surface area contributed by atoms with Crippen LogP contribution in [0.1, 0.15) is 96.0 Å². The summed E-state index contributed by atoms with van der Waals surface area (Å²) in [6.07, 6.45) is 7.28. The minimum atomic E-state index is -0.463. The van der Waals surface area contributed by atoms with Gasteiger partial charge in [0.05, 0.1) is 5.56 Å². The Morgan fingerprint density at radius 1 is 0.885 bits per heavy atom. The molecular formula is C43H51Cl2NO6. The zero-order valence-corrected chi connectivity index (χ0v) is 32.1. The summed E-state index contributed by atoms with van der Waals surface area (Å²) < 4.78 is 17.3. The van der Waals surface area contributed by atoms with Gasteiger partial charge in [-0.15, -0.1) is 23.2 Å². The fraction of sp³-hybridized carbons (Fsp3) is 0.512. The number of anilines is 1. The van der Waals surface area contributed by atoms with E-state index >= 15 is 0 Å². The second-order valence-electron chi connectivity index (χ2n) is 15.0. The van der Waals surface area contributed by atoms with E-state index in [-0.39, 0.29) is 36.5 Å². The minimum Gasteiger partial charge on any atom is -0.459 e. The Hall–Kier alpha value is -3.55. The molecule has 278 valence electrons. The van der Waals surface area contributed by atoms with Crippen LogP contribution in [0.3, 0.4) is 0 Å². The Morgan fingerprint density at radius 3 is 2.33 bits per heavy atom. The number of hydrogen-bond acceptors (Lipinski definition) is 7. The van der Waals surface area contributed by atoms with Crippen molar-refractivity contribution in [1.82, 2.24) is 0 Å². The van der Waals surface area contributed by atoms with Gasteiger partial charge in [-0.1, -0.05) is 37.3 Å². The fourth-order valence-corrected chi connectivity index (χ4v) is 9.75. The standard InChI is InChI=1S/C43H51Cl2NO6/c1-28-29(2)41-32(26-37(28)51-42(49)31-9-5-4-6-10-31)14-17-34-35(41)20-21-43(3)36(34)18-19-38(43)52-40(48)27-50-39(47)11-7-8-30-12-15-33(16-13-30)46(24-22-44)25-23-45/h4-6,9-10,12-13,15-16,26,34-36,38H,7-8,11,14,17-25,27H2,1-3H3/t34-,35+,36+,38+,43+/m1/s1. The number of alkyl halides is 2. The van der Waals surface area contributed by atoms with Crippen LogP contribution < -0.4 is 9.64 Å². The van der Waals surface area contributed by atoms with Crippen molar-refractivity contribution in [3.8, 4) is 5.75 Å². The second-order valence-corrected chi connectivity index (χ2v) is 15.8. The molecule has 3 aromatic carbocycles. The van der Waals surface area contributed by atoms with E-state index in [0.717, 1.165) is 74.8 Å². The Labute approximate surface area is 318 Å². The van der Waals surface area contributed by atoms with Crippen molar-refractivity contribution in [3.05, 3.63) is 94.0 Å². The van der Waals surface area contributed by atoms with Gasteiger partial charge in [0.15, 0.2) is 6.61 Å². The van der Waals surface area contributed by atoms with Crippen LogP contribution >= 0.6 is 23.2 Å². The topological polar surface area (TPSA) is 82.1 Å². The first kappa shape index (κ1) is 38.2. The average Bonchev–Trinajstić information content (AvgIpc) is 3.48. The van der Waals surface area contributed by atoms with E-state index in [2.05, 4.69) is 56.0 Å². The first-order valence-corrected chi connectivity index (χ1v) is 19.9. The number of rotatable bonds is 14. The van der Waals surface area contributed by atoms with Crippen LogP contribution in [-0.4, -0.2) is 55.5 Å². The minimum absolute atomic E-state index is 0.104. The number of nitrogens with zero attached hydrogens (tertiary/aromatic N) is 1. The highest BCUT2D eigenvalue weighted by atomic mass is 35.5. The van der Waals surface area contributed by atoms with Gasteiger partial charge < -0.3 is 19.1 Å². The van der Waals surface area contributed by atoms with Crippen LogP contribution in [0, 0.1) is 31.1 Å². The molecule has 2 fully saturated rings. The lowest BCUT2D eigenvalue weighted by Crippen LogP contribution is -2.45. The van der Waals surface area contributed by atoms with Crippen LogP contribution in [-0.2, 0) is 31.9 Å². The smallest absolute Gasteiger partial charge is 0.344 e. The summed E-state index contributed by atoms with van der Waals surface area (Å²) >= 11 is 11.9. The van der Waals surface area contributed by atoms with Gasteiger partial charge in [-0.3, -0.25) is 4.79 Å². The van der Waals surface area contributed by atoms with Crippen LogP contribution in [0.2, 0.25) is 0 Å². The number of halogens is 2. The van der Waals surface area contributed by atoms with E-state index < -0.39 is 5.97 Å². The van der Waals surface area contributed by atoms with Gasteiger partial charge in [-0.25, -0.2) is 9.59 Å². The molecule has 0 N–H and O–H groups in total. The van der Waals surface area contributed by atoms with Crippen molar-refractivity contribution in [2.75, 3.05) is 36.4 Å². The maximum Gasteiger partial charge on any atom is 0.344 e. The lowest BCUT2D eigenvalue weighted by Gasteiger charge is -2.51. The summed E-state index contributed by atoms with van der Waals surface area (Å²) in [5.41, 5.74) is 7.60. The summed E-state index contributed by atoms with van der Waals surface area (Å²) in [6, 6.07) is 19.5. The molecule has 0 amide bonds. The summed E-state index contributed by atoms with van der Waals surface area (Å²) in [7, 11) is 0. The third-order valence-corrected chi connectivity index (χ3v) is 12.5. The molecule has 3 aliphatic carbocycles. The second kappa shape index (κ2) is 17.1. The molecule has 0 spiro atoms. The van der Waals surface area contributed by atoms with Gasteiger partial charge in [0.2, 0.25) is 0 Å². The highest BCUT2D eigenvalue weighted by Crippen LogP contribution is 2.62. The van der Waals surface area contributed by atoms with E-state index in [1.54, 1.807) is 12.1 Å². The maximum absolute atomic E-state index is 13.0. The molecular weight excluding hydrogens is 697 g/mol. The summed E-state index contributed by atoms with van der Waals surface area (Å²) in [4.78, 5) is 40.5. The maximum atomic E-state index is 13.0. The van der Waals surface area contributed by atoms with Crippen molar-refractivity contribution in [2.24, 2.45) is 17.3 Å². The predicted molar refractivity (Wildman–Crippen MR) is 206 cm³/mol. The molecule has 5 atom stereocenters. The molecule has 0 aromatic heterocycles. The Balaban J connectivity index is 0.987. The quantitative estimate of drug-likeness (QED) is 0.0925. The molecule has 2 saturated carbocycles. The van der Waals surface area contributed by atoms with Gasteiger partial charge in [0.1, 0.15) is 11.9 Å². The highest BCUT2D eigenvalue weighted by Gasteiger charge is 2.56. The first-order chi connectivity index (χ1) is 25.1. The molecule has 0 radical (unpaired) electrons. The van der Waals surface area contributed by atoms with Crippen LogP contribution in [0.5, 0.6) is 5.75 Å². The molecule has 0 bridgehead atoms. The van der Waals surface area contributed by atoms with Crippen molar-refractivity contribution in [3.63, 3.8) is 0 Å². The first-order valence-electron chi connectivity index (χ1n) is 18.8. The normalized spacial score (nSPS) is 23.2. The van der Waals surface area contributed by atoms with Gasteiger partial charge in [-0.05, 0) is 141 Å². The van der Waals surface area contributed by atoms with Crippen molar-refractivity contribution < 1.29 is 28.6 Å². The monoisotopic (exact) mass is 747 g/mol. The molecule has 3 aliphatic rings. The molecule has 9 heteroatoms. The number of benzene rings is 3. The van der Waals surface area contributed by atoms with E-state index in [1.807, 2.05) is 18.2 Å². The Morgan fingerprint density at radius 2 is 1.62 bits per heavy atom. The van der Waals surface area contributed by atoms with Gasteiger partial charge >= 0.3 is 17.9 Å². The number of fused-ring (bicyclic) bond motifs is 5. The van der Waals surface area contributed by atoms with E-state index in [9.17, 15) is 14.4 Å². The number of carbonyl (C=O) groups excluding carboxylic acids is 3. The summed E-state index contributed by atoms with van der Waals surface area (Å²) in [6.45, 7) is 7.64. The van der Waals surface area contributed by atoms with Gasteiger partial charge in [0, 0.05) is 42.4 Å². The zero-order chi connectivity index (χ0) is 36.8. The molecule has 0 heterocycles. The number of ether oxygens (including phenoxy) is 3. The average molecular weight is 749 g/mol. The number of hydrogen-bond donors (Lipinski definition) is 0. The van der Waals surface area contributed by atoms with E-state index in [4.69, 9.17) is 37.4 Å². The third-order valence-electron chi connectivity index (χ3n) is 12.1. The lowest BCUT2D eigenvalue weighted by molar-refractivity contribution is -0.168. The van der Waals surface area contributed by atoms with Crippen LogP contribution in [0.15, 0.2) is 60.7 Å². The SMILES string of the molecule is Cc1c(OC(=O)c2ccccc2)cc2c(c1C)[C@H]1CC[C@]3(C)[C@@H](OC(=O)COC(=O)CCCc4ccc(N(CCCl)CCCl)cc4)CC[C@H]3[C@@H]1CC2. The highest BCUT2D eigenvalue weighted by molar-refractivity contribution is 6.18. The van der Waals surface area contributed by atoms with Gasteiger partial charge in [-0.2, -0.15) is 0 Å².